The minimum atomic E-state index is -0.677. The fourth-order valence-electron chi connectivity index (χ4n) is 3.65. The van der Waals surface area contributed by atoms with Crippen molar-refractivity contribution in [2.75, 3.05) is 19.8 Å². The Hall–Kier alpha value is -1.81. The molecule has 4 heteroatoms. The van der Waals surface area contributed by atoms with Crippen molar-refractivity contribution in [2.24, 2.45) is 5.92 Å². The van der Waals surface area contributed by atoms with Crippen molar-refractivity contribution in [2.45, 2.75) is 39.7 Å². The predicted octanol–water partition coefficient (Wildman–Crippen LogP) is 3.23. The van der Waals surface area contributed by atoms with Crippen molar-refractivity contribution in [1.29, 1.82) is 0 Å². The zero-order chi connectivity index (χ0) is 16.8. The van der Waals surface area contributed by atoms with Crippen molar-refractivity contribution in [3.8, 4) is 0 Å². The van der Waals surface area contributed by atoms with E-state index < -0.39 is 5.54 Å². The summed E-state index contributed by atoms with van der Waals surface area (Å²) in [6.45, 7) is 9.87. The van der Waals surface area contributed by atoms with Gasteiger partial charge >= 0.3 is 0 Å². The summed E-state index contributed by atoms with van der Waals surface area (Å²) in [6.07, 6.45) is 0.972. The summed E-state index contributed by atoms with van der Waals surface area (Å²) >= 11 is 0. The van der Waals surface area contributed by atoms with Gasteiger partial charge in [0.25, 0.3) is 5.91 Å². The molecule has 0 aromatic heterocycles. The first kappa shape index (κ1) is 16.1. The van der Waals surface area contributed by atoms with Crippen LogP contribution in [0.3, 0.4) is 0 Å². The van der Waals surface area contributed by atoms with E-state index in [4.69, 9.17) is 4.74 Å². The van der Waals surface area contributed by atoms with Crippen molar-refractivity contribution in [1.82, 2.24) is 4.90 Å². The van der Waals surface area contributed by atoms with Crippen LogP contribution in [0.25, 0.3) is 5.57 Å². The van der Waals surface area contributed by atoms with E-state index in [-0.39, 0.29) is 11.7 Å². The number of benzene rings is 1. The fourth-order valence-corrected chi connectivity index (χ4v) is 3.65. The van der Waals surface area contributed by atoms with Crippen molar-refractivity contribution < 1.29 is 14.6 Å². The van der Waals surface area contributed by atoms with E-state index in [9.17, 15) is 9.90 Å². The van der Waals surface area contributed by atoms with Crippen molar-refractivity contribution in [3.05, 3.63) is 40.6 Å². The lowest BCUT2D eigenvalue weighted by molar-refractivity contribution is -0.128. The number of amides is 1. The average molecular weight is 315 g/mol. The summed E-state index contributed by atoms with van der Waals surface area (Å²) < 4.78 is 5.43. The highest BCUT2D eigenvalue weighted by molar-refractivity contribution is 6.23. The highest BCUT2D eigenvalue weighted by atomic mass is 16.5. The summed E-state index contributed by atoms with van der Waals surface area (Å²) in [4.78, 5) is 14.9. The van der Waals surface area contributed by atoms with Crippen LogP contribution in [0.1, 0.15) is 37.0 Å². The first-order chi connectivity index (χ1) is 10.8. The van der Waals surface area contributed by atoms with Gasteiger partial charge in [-0.1, -0.05) is 18.2 Å². The van der Waals surface area contributed by atoms with Gasteiger partial charge in [-0.2, -0.15) is 0 Å². The van der Waals surface area contributed by atoms with Crippen LogP contribution in [0.4, 0.5) is 0 Å². The second-order valence-electron chi connectivity index (χ2n) is 7.19. The van der Waals surface area contributed by atoms with Gasteiger partial charge in [0.1, 0.15) is 5.76 Å². The molecule has 1 saturated heterocycles. The molecular formula is C19H25NO3. The third-order valence-corrected chi connectivity index (χ3v) is 5.15. The average Bonchev–Trinajstić information content (AvgIpc) is 3.05. The molecule has 2 heterocycles. The first-order valence-corrected chi connectivity index (χ1v) is 8.24. The van der Waals surface area contributed by atoms with E-state index in [0.717, 1.165) is 29.7 Å². The van der Waals surface area contributed by atoms with Gasteiger partial charge in [0.05, 0.1) is 17.7 Å². The molecule has 0 radical (unpaired) electrons. The van der Waals surface area contributed by atoms with Gasteiger partial charge in [-0.05, 0) is 50.8 Å². The largest absolute Gasteiger partial charge is 0.509 e. The molecule has 2 aliphatic rings. The molecule has 4 nitrogen and oxygen atoms in total. The lowest BCUT2D eigenvalue weighted by Crippen LogP contribution is -2.46. The lowest BCUT2D eigenvalue weighted by Gasteiger charge is -2.33. The maximum Gasteiger partial charge on any atom is 0.258 e. The highest BCUT2D eigenvalue weighted by Crippen LogP contribution is 2.41. The molecule has 3 rings (SSSR count). The summed E-state index contributed by atoms with van der Waals surface area (Å²) in [5, 5.41) is 10.8. The van der Waals surface area contributed by atoms with Crippen molar-refractivity contribution >= 4 is 11.5 Å². The predicted molar refractivity (Wildman–Crippen MR) is 90.2 cm³/mol. The third-order valence-electron chi connectivity index (χ3n) is 5.15. The number of ether oxygens (including phenoxy) is 1. The number of aliphatic hydroxyl groups is 1. The van der Waals surface area contributed by atoms with Gasteiger partial charge in [0, 0.05) is 19.1 Å². The number of rotatable bonds is 3. The Morgan fingerprint density at radius 2 is 1.96 bits per heavy atom. The Kier molecular flexibility index (Phi) is 3.96. The molecule has 2 aliphatic heterocycles. The van der Waals surface area contributed by atoms with Crippen LogP contribution in [0, 0.1) is 19.8 Å². The summed E-state index contributed by atoms with van der Waals surface area (Å²) in [5.41, 5.74) is 2.69. The summed E-state index contributed by atoms with van der Waals surface area (Å²) in [7, 11) is 0. The molecule has 1 aromatic rings. The Morgan fingerprint density at radius 3 is 2.52 bits per heavy atom. The normalized spacial score (nSPS) is 23.9. The molecule has 0 saturated carbocycles. The van der Waals surface area contributed by atoms with Gasteiger partial charge < -0.3 is 14.7 Å². The molecule has 1 N–H and O–H groups in total. The number of hydrogen-bond acceptors (Lipinski definition) is 3. The van der Waals surface area contributed by atoms with E-state index in [1.807, 2.05) is 50.8 Å². The Bertz CT molecular complexity index is 649. The molecule has 0 bridgehead atoms. The van der Waals surface area contributed by atoms with Crippen LogP contribution in [0.2, 0.25) is 0 Å². The number of nitrogens with zero attached hydrogens (tertiary/aromatic N) is 1. The Balaban J connectivity index is 2.01. The number of aliphatic hydroxyl groups excluding tert-OH is 1. The number of aryl methyl sites for hydroxylation is 2. The van der Waals surface area contributed by atoms with Gasteiger partial charge in [0.15, 0.2) is 0 Å². The van der Waals surface area contributed by atoms with E-state index in [1.54, 1.807) is 0 Å². The van der Waals surface area contributed by atoms with E-state index in [1.165, 1.54) is 0 Å². The van der Waals surface area contributed by atoms with E-state index in [2.05, 4.69) is 0 Å². The topological polar surface area (TPSA) is 49.8 Å². The zero-order valence-corrected chi connectivity index (χ0v) is 14.3. The minimum absolute atomic E-state index is 0.0724. The SMILES string of the molecule is Cc1cccc(C)c1C1=C(O)C(C)(C)N(CC2CCOC2)C1=O. The molecule has 1 unspecified atom stereocenters. The molecule has 124 valence electrons. The van der Waals surface area contributed by atoms with Gasteiger partial charge in [-0.15, -0.1) is 0 Å². The van der Waals surface area contributed by atoms with Crippen LogP contribution in [0.15, 0.2) is 24.0 Å². The Labute approximate surface area is 137 Å². The summed E-state index contributed by atoms with van der Waals surface area (Å²) in [6, 6.07) is 5.94. The molecule has 1 fully saturated rings. The fraction of sp³-hybridized carbons (Fsp3) is 0.526. The van der Waals surface area contributed by atoms with Crippen molar-refractivity contribution in [3.63, 3.8) is 0 Å². The monoisotopic (exact) mass is 315 g/mol. The second kappa shape index (κ2) is 5.68. The lowest BCUT2D eigenvalue weighted by atomic mass is 9.93. The number of carbonyl (C=O) groups excluding carboxylic acids is 1. The quantitative estimate of drug-likeness (QED) is 0.931. The number of carbonyl (C=O) groups is 1. The highest BCUT2D eigenvalue weighted by Gasteiger charge is 2.47. The van der Waals surface area contributed by atoms with Crippen LogP contribution < -0.4 is 0 Å². The Morgan fingerprint density at radius 1 is 1.30 bits per heavy atom. The van der Waals surface area contributed by atoms with Gasteiger partial charge in [0.2, 0.25) is 0 Å². The molecule has 1 aromatic carbocycles. The molecule has 0 spiro atoms. The maximum atomic E-state index is 13.1. The zero-order valence-electron chi connectivity index (χ0n) is 14.3. The van der Waals surface area contributed by atoms with Crippen LogP contribution in [0.5, 0.6) is 0 Å². The van der Waals surface area contributed by atoms with Crippen LogP contribution in [-0.2, 0) is 9.53 Å². The van der Waals surface area contributed by atoms with Gasteiger partial charge in [-0.25, -0.2) is 0 Å². The minimum Gasteiger partial charge on any atom is -0.509 e. The standard InChI is InChI=1S/C19H25NO3/c1-12-6-5-7-13(2)15(12)16-17(21)19(3,4)20(18(16)22)10-14-8-9-23-11-14/h5-7,14,21H,8-11H2,1-4H3. The van der Waals surface area contributed by atoms with Crippen LogP contribution >= 0.6 is 0 Å². The molecule has 1 atom stereocenters. The second-order valence-corrected chi connectivity index (χ2v) is 7.19. The molecule has 1 amide bonds. The first-order valence-electron chi connectivity index (χ1n) is 8.24. The third kappa shape index (κ3) is 2.55. The van der Waals surface area contributed by atoms with Gasteiger partial charge in [-0.3, -0.25) is 4.79 Å². The number of hydrogen-bond donors (Lipinski definition) is 1. The summed E-state index contributed by atoms with van der Waals surface area (Å²) in [5.74, 6) is 0.457. The van der Waals surface area contributed by atoms with E-state index in [0.29, 0.717) is 24.6 Å². The molecule has 0 aliphatic carbocycles. The smallest absolute Gasteiger partial charge is 0.258 e. The van der Waals surface area contributed by atoms with E-state index >= 15 is 0 Å². The molecular weight excluding hydrogens is 290 g/mol. The van der Waals surface area contributed by atoms with Crippen LogP contribution in [-0.4, -0.2) is 41.2 Å². The maximum absolute atomic E-state index is 13.1. The molecule has 23 heavy (non-hydrogen) atoms.